The molecule has 2 aliphatic heterocycles. The molecule has 0 aromatic carbocycles. The number of hydrogen-bond acceptors (Lipinski definition) is 15. The summed E-state index contributed by atoms with van der Waals surface area (Å²) in [6.45, 7) is 1.87. The Kier molecular flexibility index (Phi) is 23.4. The number of H-pyrrole nitrogens is 1. The van der Waals surface area contributed by atoms with E-state index in [4.69, 9.17) is 43.6 Å². The molecule has 2 aromatic rings. The predicted molar refractivity (Wildman–Crippen MR) is 236 cm³/mol. The molecule has 0 bridgehead atoms. The molecule has 0 amide bonds. The second-order valence-corrected chi connectivity index (χ2v) is 19.3. The second kappa shape index (κ2) is 28.1. The molecule has 2 aromatic heterocycles. The quantitative estimate of drug-likeness (QED) is 0.0180. The summed E-state index contributed by atoms with van der Waals surface area (Å²) >= 11 is 0. The van der Waals surface area contributed by atoms with Gasteiger partial charge < -0.3 is 29.7 Å². The number of nitrogens with one attached hydrogen (secondary N) is 1. The molecule has 8 atom stereocenters. The second-order valence-electron chi connectivity index (χ2n) is 16.4. The van der Waals surface area contributed by atoms with Crippen molar-refractivity contribution in [2.24, 2.45) is 5.11 Å². The number of aromatic nitrogens is 4. The summed E-state index contributed by atoms with van der Waals surface area (Å²) in [6.07, 6.45) is 18.2. The molecule has 24 heteroatoms. The van der Waals surface area contributed by atoms with Crippen LogP contribution in [0.4, 0.5) is 5.82 Å². The minimum Gasteiger partial charge on any atom is -0.383 e. The van der Waals surface area contributed by atoms with Crippen molar-refractivity contribution in [1.82, 2.24) is 19.1 Å². The van der Waals surface area contributed by atoms with Gasteiger partial charge in [-0.05, 0) is 37.8 Å². The van der Waals surface area contributed by atoms with Crippen LogP contribution >= 0.6 is 15.6 Å². The molecule has 0 saturated carbocycles. The van der Waals surface area contributed by atoms with Gasteiger partial charge in [0.15, 0.2) is 0 Å². The van der Waals surface area contributed by atoms with E-state index in [1.165, 1.54) is 101 Å². The number of azide groups is 1. The van der Waals surface area contributed by atoms with Gasteiger partial charge in [-0.1, -0.05) is 108 Å². The van der Waals surface area contributed by atoms with E-state index < -0.39 is 89.2 Å². The first-order valence-electron chi connectivity index (χ1n) is 22.6. The van der Waals surface area contributed by atoms with Crippen molar-refractivity contribution >= 4 is 21.5 Å². The van der Waals surface area contributed by atoms with Crippen LogP contribution in [-0.4, -0.2) is 86.3 Å². The van der Waals surface area contributed by atoms with Gasteiger partial charge in [0, 0.05) is 35.9 Å². The summed E-state index contributed by atoms with van der Waals surface area (Å²) in [5, 5.41) is 3.68. The standard InChI is InChI=1S/C40H68N8O14P2/c1-3-4-5-6-7-8-9-10-11-12-13-14-15-16-17-18-23-56-32(27-58-63(52,53)57-26-31-19-20-36(61-31)47-22-21-35(41)43-39(47)50)28-59-64(54,55)60-29-34-33(45-46-42)24-37(62-34)48-25-30(2)38(49)44-40(48)51/h21-22,25,31-34,36-37H,3-20,23-24,26-29H2,1-2H3,(H,52,53)(H,54,55)(H2,41,43,50)(H,44,49,51). The van der Waals surface area contributed by atoms with Gasteiger partial charge in [0.25, 0.3) is 5.56 Å². The highest BCUT2D eigenvalue weighted by molar-refractivity contribution is 7.47. The lowest BCUT2D eigenvalue weighted by molar-refractivity contribution is -0.0432. The van der Waals surface area contributed by atoms with Gasteiger partial charge in [0.1, 0.15) is 24.4 Å². The van der Waals surface area contributed by atoms with Crippen molar-refractivity contribution in [2.45, 2.75) is 173 Å². The van der Waals surface area contributed by atoms with Crippen molar-refractivity contribution < 1.29 is 51.2 Å². The Hall–Kier alpha value is -3.23. The van der Waals surface area contributed by atoms with Gasteiger partial charge in [-0.2, -0.15) is 4.98 Å². The van der Waals surface area contributed by atoms with Crippen LogP contribution in [0.3, 0.4) is 0 Å². The largest absolute Gasteiger partial charge is 0.472 e. The zero-order valence-electron chi connectivity index (χ0n) is 37.1. The molecule has 4 rings (SSSR count). The van der Waals surface area contributed by atoms with E-state index in [1.54, 1.807) is 0 Å². The SMILES string of the molecule is CCCCCCCCCCCCCCCCCCOC(COP(=O)(O)OCC1CCC(n2ccc(N)nc2=O)O1)COP(=O)(O)OCC1OC(n2cc(C)c(=O)[nH]c2=O)CC1N=[N+]=[N-]. The van der Waals surface area contributed by atoms with E-state index in [0.29, 0.717) is 19.3 Å². The number of ether oxygens (including phenoxy) is 3. The van der Waals surface area contributed by atoms with Gasteiger partial charge in [0.05, 0.1) is 44.7 Å². The van der Waals surface area contributed by atoms with Gasteiger partial charge in [-0.25, -0.2) is 18.7 Å². The fourth-order valence-electron chi connectivity index (χ4n) is 7.50. The van der Waals surface area contributed by atoms with Crippen molar-refractivity contribution in [3.63, 3.8) is 0 Å². The normalized spacial score (nSPS) is 22.2. The van der Waals surface area contributed by atoms with Gasteiger partial charge >= 0.3 is 27.0 Å². The number of anilines is 1. The molecule has 8 unspecified atom stereocenters. The van der Waals surface area contributed by atoms with Crippen LogP contribution < -0.4 is 22.7 Å². The topological polar surface area (TPSA) is 304 Å². The molecule has 4 heterocycles. The number of nitrogen functional groups attached to an aromatic ring is 1. The number of hydrogen-bond donors (Lipinski definition) is 4. The van der Waals surface area contributed by atoms with E-state index >= 15 is 0 Å². The minimum atomic E-state index is -4.85. The number of aryl methyl sites for hydroxylation is 1. The third-order valence-electron chi connectivity index (χ3n) is 11.1. The highest BCUT2D eigenvalue weighted by atomic mass is 31.2. The monoisotopic (exact) mass is 946 g/mol. The first-order chi connectivity index (χ1) is 30.7. The molecule has 64 heavy (non-hydrogen) atoms. The lowest BCUT2D eigenvalue weighted by Gasteiger charge is -2.22. The van der Waals surface area contributed by atoms with E-state index in [2.05, 4.69) is 26.9 Å². The zero-order valence-corrected chi connectivity index (χ0v) is 38.9. The van der Waals surface area contributed by atoms with Crippen LogP contribution in [0.15, 0.2) is 38.0 Å². The van der Waals surface area contributed by atoms with Crippen LogP contribution in [0.25, 0.3) is 10.4 Å². The van der Waals surface area contributed by atoms with Crippen LogP contribution in [0, 0.1) is 6.92 Å². The Morgan fingerprint density at radius 3 is 2.02 bits per heavy atom. The van der Waals surface area contributed by atoms with Crippen LogP contribution in [-0.2, 0) is 41.4 Å². The maximum Gasteiger partial charge on any atom is 0.472 e. The number of unbranched alkanes of at least 4 members (excludes halogenated alkanes) is 15. The summed E-state index contributed by atoms with van der Waals surface area (Å²) in [5.74, 6) is 0.0666. The lowest BCUT2D eigenvalue weighted by atomic mass is 10.0. The van der Waals surface area contributed by atoms with Crippen LogP contribution in [0.1, 0.15) is 147 Å². The summed E-state index contributed by atoms with van der Waals surface area (Å²) in [7, 11) is -9.55. The molecule has 0 radical (unpaired) electrons. The number of aromatic amines is 1. The average Bonchev–Trinajstić information content (AvgIpc) is 3.90. The average molecular weight is 947 g/mol. The number of rotatable bonds is 33. The minimum absolute atomic E-state index is 0.00348. The van der Waals surface area contributed by atoms with Crippen LogP contribution in [0.5, 0.6) is 0 Å². The molecule has 5 N–H and O–H groups in total. The number of phosphoric ester groups is 2. The summed E-state index contributed by atoms with van der Waals surface area (Å²) in [4.78, 5) is 66.3. The molecule has 0 aliphatic carbocycles. The number of nitrogens with zero attached hydrogens (tertiary/aromatic N) is 6. The molecular formula is C40H68N8O14P2. The predicted octanol–water partition coefficient (Wildman–Crippen LogP) is 7.24. The fourth-order valence-corrected chi connectivity index (χ4v) is 9.05. The van der Waals surface area contributed by atoms with Gasteiger partial charge in [-0.15, -0.1) is 0 Å². The first-order valence-corrected chi connectivity index (χ1v) is 25.6. The molecule has 362 valence electrons. The first kappa shape index (κ1) is 53.4. The van der Waals surface area contributed by atoms with Crippen LogP contribution in [0.2, 0.25) is 0 Å². The maximum absolute atomic E-state index is 13.1. The summed E-state index contributed by atoms with van der Waals surface area (Å²) < 4.78 is 66.8. The summed E-state index contributed by atoms with van der Waals surface area (Å²) in [5.41, 5.74) is 13.0. The van der Waals surface area contributed by atoms with Crippen molar-refractivity contribution in [1.29, 1.82) is 0 Å². The molecule has 2 aliphatic rings. The Balaban J connectivity index is 1.23. The molecular weight excluding hydrogens is 878 g/mol. The number of phosphoric acid groups is 2. The third kappa shape index (κ3) is 19.3. The van der Waals surface area contributed by atoms with Gasteiger partial charge in [-0.3, -0.25) is 37.0 Å². The maximum atomic E-state index is 13.1. The van der Waals surface area contributed by atoms with Crippen molar-refractivity contribution in [3.8, 4) is 0 Å². The van der Waals surface area contributed by atoms with E-state index in [1.807, 2.05) is 0 Å². The Morgan fingerprint density at radius 1 is 0.859 bits per heavy atom. The summed E-state index contributed by atoms with van der Waals surface area (Å²) in [6, 6.07) is 0.549. The van der Waals surface area contributed by atoms with E-state index in [-0.39, 0.29) is 31.0 Å². The molecule has 0 spiro atoms. The van der Waals surface area contributed by atoms with Gasteiger partial charge in [0.2, 0.25) is 0 Å². The smallest absolute Gasteiger partial charge is 0.383 e. The molecule has 2 fully saturated rings. The molecule has 22 nitrogen and oxygen atoms in total. The van der Waals surface area contributed by atoms with Crippen molar-refractivity contribution in [3.05, 3.63) is 65.8 Å². The third-order valence-corrected chi connectivity index (χ3v) is 13.0. The Labute approximate surface area is 373 Å². The van der Waals surface area contributed by atoms with E-state index in [9.17, 15) is 33.3 Å². The van der Waals surface area contributed by atoms with E-state index in [0.717, 1.165) is 30.3 Å². The Bertz CT molecular complexity index is 2030. The highest BCUT2D eigenvalue weighted by Crippen LogP contribution is 2.47. The fraction of sp³-hybridized carbons (Fsp3) is 0.800. The zero-order chi connectivity index (χ0) is 46.4. The highest BCUT2D eigenvalue weighted by Gasteiger charge is 2.39. The molecule has 2 saturated heterocycles. The lowest BCUT2D eigenvalue weighted by Crippen LogP contribution is -2.33. The number of nitrogens with two attached hydrogens (primary N) is 1. The van der Waals surface area contributed by atoms with Crippen molar-refractivity contribution in [2.75, 3.05) is 38.8 Å². The Morgan fingerprint density at radius 2 is 1.44 bits per heavy atom.